The van der Waals surface area contributed by atoms with Crippen LogP contribution in [0.2, 0.25) is 0 Å². The van der Waals surface area contributed by atoms with Crippen LogP contribution >= 0.6 is 0 Å². The predicted molar refractivity (Wildman–Crippen MR) is 88.2 cm³/mol. The quantitative estimate of drug-likeness (QED) is 0.610. The Labute approximate surface area is 127 Å². The molecule has 0 aliphatic heterocycles. The van der Waals surface area contributed by atoms with Crippen molar-refractivity contribution in [2.75, 3.05) is 6.54 Å². The third-order valence-electron chi connectivity index (χ3n) is 3.96. The Bertz CT molecular complexity index is 506. The fourth-order valence-corrected chi connectivity index (χ4v) is 2.68. The van der Waals surface area contributed by atoms with Crippen molar-refractivity contribution in [3.63, 3.8) is 0 Å². The van der Waals surface area contributed by atoms with Crippen LogP contribution in [0.1, 0.15) is 63.9 Å². The van der Waals surface area contributed by atoms with Gasteiger partial charge in [-0.15, -0.1) is 5.10 Å². The molecule has 21 heavy (non-hydrogen) atoms. The SMILES string of the molecule is CCCCCCCCCCNCc1cccc2[nH]nnc12. The van der Waals surface area contributed by atoms with Crippen LogP contribution in [0.3, 0.4) is 0 Å². The van der Waals surface area contributed by atoms with E-state index in [1.54, 1.807) is 0 Å². The zero-order valence-electron chi connectivity index (χ0n) is 13.2. The first-order valence-electron chi connectivity index (χ1n) is 8.41. The van der Waals surface area contributed by atoms with Gasteiger partial charge in [0.05, 0.1) is 5.52 Å². The standard InChI is InChI=1S/C17H28N4/c1-2-3-4-5-6-7-8-9-13-18-14-15-11-10-12-16-17(15)20-21-19-16/h10-12,18H,2-9,13-14H2,1H3,(H,19,20,21). The van der Waals surface area contributed by atoms with Crippen molar-refractivity contribution in [2.45, 2.75) is 64.8 Å². The van der Waals surface area contributed by atoms with Gasteiger partial charge in [0.25, 0.3) is 0 Å². The molecule has 0 radical (unpaired) electrons. The third kappa shape index (κ3) is 5.46. The Morgan fingerprint density at radius 3 is 2.57 bits per heavy atom. The number of fused-ring (bicyclic) bond motifs is 1. The van der Waals surface area contributed by atoms with Gasteiger partial charge in [-0.25, -0.2) is 0 Å². The molecule has 0 amide bonds. The normalized spacial score (nSPS) is 11.3. The van der Waals surface area contributed by atoms with Gasteiger partial charge in [0.15, 0.2) is 0 Å². The first-order valence-corrected chi connectivity index (χ1v) is 8.41. The Morgan fingerprint density at radius 1 is 1.00 bits per heavy atom. The van der Waals surface area contributed by atoms with Crippen LogP contribution < -0.4 is 5.32 Å². The predicted octanol–water partition coefficient (Wildman–Crippen LogP) is 4.19. The summed E-state index contributed by atoms with van der Waals surface area (Å²) in [5.41, 5.74) is 3.23. The molecule has 0 fully saturated rings. The van der Waals surface area contributed by atoms with E-state index in [1.807, 2.05) is 6.07 Å². The Morgan fingerprint density at radius 2 is 1.76 bits per heavy atom. The molecule has 0 atom stereocenters. The first kappa shape index (κ1) is 16.0. The second kappa shape index (κ2) is 9.50. The maximum atomic E-state index is 4.14. The van der Waals surface area contributed by atoms with E-state index in [0.717, 1.165) is 24.1 Å². The maximum absolute atomic E-state index is 4.14. The summed E-state index contributed by atoms with van der Waals surface area (Å²) in [5, 5.41) is 14.4. The molecule has 1 aromatic carbocycles. The second-order valence-electron chi connectivity index (χ2n) is 5.78. The van der Waals surface area contributed by atoms with Gasteiger partial charge in [0.1, 0.15) is 5.52 Å². The summed E-state index contributed by atoms with van der Waals surface area (Å²) in [4.78, 5) is 0. The molecule has 1 aromatic heterocycles. The van der Waals surface area contributed by atoms with Gasteiger partial charge in [-0.2, -0.15) is 0 Å². The molecule has 116 valence electrons. The lowest BCUT2D eigenvalue weighted by molar-refractivity contribution is 0.555. The minimum absolute atomic E-state index is 0.875. The molecule has 2 aromatic rings. The molecule has 0 aliphatic rings. The fraction of sp³-hybridized carbons (Fsp3) is 0.647. The molecule has 2 rings (SSSR count). The van der Waals surface area contributed by atoms with E-state index in [-0.39, 0.29) is 0 Å². The monoisotopic (exact) mass is 288 g/mol. The van der Waals surface area contributed by atoms with Crippen molar-refractivity contribution < 1.29 is 0 Å². The van der Waals surface area contributed by atoms with Crippen LogP contribution in [0.4, 0.5) is 0 Å². The number of aromatic amines is 1. The van der Waals surface area contributed by atoms with Crippen LogP contribution in [0.5, 0.6) is 0 Å². The van der Waals surface area contributed by atoms with E-state index >= 15 is 0 Å². The average Bonchev–Trinajstić information content (AvgIpc) is 2.98. The smallest absolute Gasteiger partial charge is 0.117 e. The number of rotatable bonds is 11. The molecule has 4 heteroatoms. The Kier molecular flexibility index (Phi) is 7.22. The van der Waals surface area contributed by atoms with Crippen LogP contribution in [0.15, 0.2) is 18.2 Å². The Hall–Kier alpha value is -1.42. The topological polar surface area (TPSA) is 53.6 Å². The highest BCUT2D eigenvalue weighted by Gasteiger charge is 2.03. The van der Waals surface area contributed by atoms with E-state index in [9.17, 15) is 0 Å². The van der Waals surface area contributed by atoms with Crippen LogP contribution in [0.25, 0.3) is 11.0 Å². The highest BCUT2D eigenvalue weighted by molar-refractivity contribution is 5.77. The van der Waals surface area contributed by atoms with Gasteiger partial charge in [-0.1, -0.05) is 69.2 Å². The number of nitrogens with zero attached hydrogens (tertiary/aromatic N) is 2. The van der Waals surface area contributed by atoms with Gasteiger partial charge in [-0.05, 0) is 24.6 Å². The third-order valence-corrected chi connectivity index (χ3v) is 3.96. The molecule has 0 spiro atoms. The molecular formula is C17H28N4. The minimum atomic E-state index is 0.875. The van der Waals surface area contributed by atoms with E-state index < -0.39 is 0 Å². The lowest BCUT2D eigenvalue weighted by Crippen LogP contribution is -2.14. The highest BCUT2D eigenvalue weighted by Crippen LogP contribution is 2.13. The molecule has 0 bridgehead atoms. The first-order chi connectivity index (χ1) is 10.4. The minimum Gasteiger partial charge on any atom is -0.313 e. The lowest BCUT2D eigenvalue weighted by Gasteiger charge is -2.05. The van der Waals surface area contributed by atoms with Crippen LogP contribution in [-0.2, 0) is 6.54 Å². The molecule has 0 unspecified atom stereocenters. The van der Waals surface area contributed by atoms with Gasteiger partial charge in [0, 0.05) is 6.54 Å². The van der Waals surface area contributed by atoms with E-state index in [0.29, 0.717) is 0 Å². The zero-order chi connectivity index (χ0) is 14.8. The van der Waals surface area contributed by atoms with Crippen molar-refractivity contribution in [2.24, 2.45) is 0 Å². The van der Waals surface area contributed by atoms with Gasteiger partial charge in [-0.3, -0.25) is 5.10 Å². The average molecular weight is 288 g/mol. The summed E-state index contributed by atoms with van der Waals surface area (Å²) in [5.74, 6) is 0. The van der Waals surface area contributed by atoms with E-state index in [4.69, 9.17) is 0 Å². The summed E-state index contributed by atoms with van der Waals surface area (Å²) in [7, 11) is 0. The number of H-pyrrole nitrogens is 1. The van der Waals surface area contributed by atoms with Gasteiger partial charge in [0.2, 0.25) is 0 Å². The summed E-state index contributed by atoms with van der Waals surface area (Å²) < 4.78 is 0. The van der Waals surface area contributed by atoms with Crippen LogP contribution in [-0.4, -0.2) is 22.0 Å². The maximum Gasteiger partial charge on any atom is 0.117 e. The van der Waals surface area contributed by atoms with Crippen molar-refractivity contribution in [3.8, 4) is 0 Å². The van der Waals surface area contributed by atoms with Crippen molar-refractivity contribution in [1.29, 1.82) is 0 Å². The summed E-state index contributed by atoms with van der Waals surface area (Å²) >= 11 is 0. The summed E-state index contributed by atoms with van der Waals surface area (Å²) in [6.45, 7) is 4.23. The number of aromatic nitrogens is 3. The molecule has 0 aliphatic carbocycles. The Balaban J connectivity index is 1.53. The molecular weight excluding hydrogens is 260 g/mol. The lowest BCUT2D eigenvalue weighted by atomic mass is 10.1. The molecule has 1 heterocycles. The highest BCUT2D eigenvalue weighted by atomic mass is 15.3. The second-order valence-corrected chi connectivity index (χ2v) is 5.78. The molecule has 0 saturated carbocycles. The fourth-order valence-electron chi connectivity index (χ4n) is 2.68. The van der Waals surface area contributed by atoms with Crippen molar-refractivity contribution >= 4 is 11.0 Å². The zero-order valence-corrected chi connectivity index (χ0v) is 13.2. The number of hydrogen-bond acceptors (Lipinski definition) is 3. The van der Waals surface area contributed by atoms with Crippen molar-refractivity contribution in [1.82, 2.24) is 20.7 Å². The number of nitrogens with one attached hydrogen (secondary N) is 2. The number of unbranched alkanes of at least 4 members (excludes halogenated alkanes) is 7. The molecule has 0 saturated heterocycles. The van der Waals surface area contributed by atoms with E-state index in [2.05, 4.69) is 39.8 Å². The van der Waals surface area contributed by atoms with Gasteiger partial charge < -0.3 is 5.32 Å². The van der Waals surface area contributed by atoms with Gasteiger partial charge >= 0.3 is 0 Å². The van der Waals surface area contributed by atoms with Crippen LogP contribution in [0, 0.1) is 0 Å². The molecule has 4 nitrogen and oxygen atoms in total. The number of hydrogen-bond donors (Lipinski definition) is 2. The summed E-state index contributed by atoms with van der Waals surface area (Å²) in [6.07, 6.45) is 10.9. The summed E-state index contributed by atoms with van der Waals surface area (Å²) in [6, 6.07) is 6.18. The number of benzene rings is 1. The van der Waals surface area contributed by atoms with E-state index in [1.165, 1.54) is 56.9 Å². The largest absolute Gasteiger partial charge is 0.313 e. The van der Waals surface area contributed by atoms with Crippen molar-refractivity contribution in [3.05, 3.63) is 23.8 Å². The molecule has 2 N–H and O–H groups in total.